The van der Waals surface area contributed by atoms with E-state index < -0.39 is 0 Å². The molecule has 2 aliphatic carbocycles. The number of nitrogen functional groups attached to an aromatic ring is 2. The van der Waals surface area contributed by atoms with Gasteiger partial charge in [0.15, 0.2) is 0 Å². The molecule has 24 heavy (non-hydrogen) atoms. The van der Waals surface area contributed by atoms with Gasteiger partial charge in [-0.25, -0.2) is 0 Å². The van der Waals surface area contributed by atoms with E-state index in [0.29, 0.717) is 17.5 Å². The zero-order valence-corrected chi connectivity index (χ0v) is 14.8. The summed E-state index contributed by atoms with van der Waals surface area (Å²) in [6, 6.07) is 5.50. The Kier molecular flexibility index (Phi) is 5.70. The van der Waals surface area contributed by atoms with Gasteiger partial charge in [-0.3, -0.25) is 0 Å². The Labute approximate surface area is 146 Å². The summed E-state index contributed by atoms with van der Waals surface area (Å²) in [5.41, 5.74) is 13.2. The first-order valence-corrected chi connectivity index (χ1v) is 9.58. The Bertz CT molecular complexity index is 541. The van der Waals surface area contributed by atoms with Crippen molar-refractivity contribution in [2.45, 2.75) is 63.9 Å². The van der Waals surface area contributed by atoms with Crippen LogP contribution in [-0.4, -0.2) is 6.10 Å². The van der Waals surface area contributed by atoms with Crippen LogP contribution in [0.3, 0.4) is 0 Å². The number of benzene rings is 1. The zero-order chi connectivity index (χ0) is 16.9. The van der Waals surface area contributed by atoms with Crippen LogP contribution in [0.4, 0.5) is 11.4 Å². The number of ether oxygens (including phenoxy) is 1. The van der Waals surface area contributed by atoms with E-state index in [4.69, 9.17) is 16.2 Å². The van der Waals surface area contributed by atoms with Crippen molar-refractivity contribution in [1.29, 1.82) is 0 Å². The van der Waals surface area contributed by atoms with Crippen LogP contribution in [0, 0.1) is 17.8 Å². The third kappa shape index (κ3) is 4.25. The standard InChI is InChI=1S/C21H32N2O/c1-2-3-15-4-6-16(7-5-15)17-8-11-19(12-9-17)24-21-14-18(22)10-13-20(21)23/h2,10,13-17,19H,1,3-9,11-12,22-23H2. The van der Waals surface area contributed by atoms with E-state index in [1.807, 2.05) is 18.2 Å². The molecule has 2 aliphatic rings. The highest BCUT2D eigenvalue weighted by atomic mass is 16.5. The molecule has 2 fully saturated rings. The third-order valence-electron chi connectivity index (χ3n) is 6.11. The highest BCUT2D eigenvalue weighted by molar-refractivity contribution is 5.59. The van der Waals surface area contributed by atoms with Crippen molar-refractivity contribution in [3.05, 3.63) is 30.9 Å². The van der Waals surface area contributed by atoms with Crippen molar-refractivity contribution in [2.24, 2.45) is 17.8 Å². The number of rotatable bonds is 5. The average Bonchev–Trinajstić information content (AvgIpc) is 2.60. The van der Waals surface area contributed by atoms with Crippen LogP contribution in [0.1, 0.15) is 57.8 Å². The Morgan fingerprint density at radius 3 is 2.21 bits per heavy atom. The first-order chi connectivity index (χ1) is 11.7. The van der Waals surface area contributed by atoms with Crippen LogP contribution in [0.15, 0.2) is 30.9 Å². The van der Waals surface area contributed by atoms with Gasteiger partial charge < -0.3 is 16.2 Å². The predicted molar refractivity (Wildman–Crippen MR) is 102 cm³/mol. The minimum atomic E-state index is 0.294. The number of nitrogens with two attached hydrogens (primary N) is 2. The molecule has 0 atom stereocenters. The van der Waals surface area contributed by atoms with Gasteiger partial charge in [0.1, 0.15) is 5.75 Å². The van der Waals surface area contributed by atoms with Gasteiger partial charge in [-0.2, -0.15) is 0 Å². The lowest BCUT2D eigenvalue weighted by Crippen LogP contribution is -2.30. The van der Waals surface area contributed by atoms with Gasteiger partial charge in [-0.15, -0.1) is 6.58 Å². The molecule has 2 saturated carbocycles. The number of hydrogen-bond acceptors (Lipinski definition) is 3. The molecule has 1 aromatic rings. The van der Waals surface area contributed by atoms with Crippen molar-refractivity contribution in [2.75, 3.05) is 11.5 Å². The average molecular weight is 329 g/mol. The lowest BCUT2D eigenvalue weighted by Gasteiger charge is -2.37. The molecule has 4 N–H and O–H groups in total. The maximum atomic E-state index is 6.14. The fraction of sp³-hybridized carbons (Fsp3) is 0.619. The molecule has 1 aromatic carbocycles. The maximum Gasteiger partial charge on any atom is 0.144 e. The Balaban J connectivity index is 1.46. The number of allylic oxidation sites excluding steroid dienone is 1. The van der Waals surface area contributed by atoms with E-state index in [2.05, 4.69) is 12.7 Å². The van der Waals surface area contributed by atoms with Crippen LogP contribution in [-0.2, 0) is 0 Å². The summed E-state index contributed by atoms with van der Waals surface area (Å²) in [5, 5.41) is 0. The SMILES string of the molecule is C=CCC1CCC(C2CCC(Oc3cc(N)ccc3N)CC2)CC1. The van der Waals surface area contributed by atoms with Gasteiger partial charge in [0.2, 0.25) is 0 Å². The molecule has 0 bridgehead atoms. The first kappa shape index (κ1) is 17.2. The molecule has 132 valence electrons. The van der Waals surface area contributed by atoms with Gasteiger partial charge in [-0.1, -0.05) is 6.08 Å². The summed E-state index contributed by atoms with van der Waals surface area (Å²) in [7, 11) is 0. The fourth-order valence-corrected chi connectivity index (χ4v) is 4.64. The van der Waals surface area contributed by atoms with Crippen molar-refractivity contribution >= 4 is 11.4 Å². The Morgan fingerprint density at radius 1 is 0.958 bits per heavy atom. The Hall–Kier alpha value is -1.64. The van der Waals surface area contributed by atoms with Crippen molar-refractivity contribution < 1.29 is 4.74 Å². The molecular weight excluding hydrogens is 296 g/mol. The van der Waals surface area contributed by atoms with E-state index in [1.54, 1.807) is 0 Å². The van der Waals surface area contributed by atoms with E-state index in [-0.39, 0.29) is 0 Å². The minimum Gasteiger partial charge on any atom is -0.488 e. The fourth-order valence-electron chi connectivity index (χ4n) is 4.64. The van der Waals surface area contributed by atoms with Gasteiger partial charge in [-0.05, 0) is 87.7 Å². The second-order valence-electron chi connectivity index (χ2n) is 7.76. The second-order valence-corrected chi connectivity index (χ2v) is 7.76. The highest BCUT2D eigenvalue weighted by Crippen LogP contribution is 2.41. The first-order valence-electron chi connectivity index (χ1n) is 9.58. The number of hydrogen-bond donors (Lipinski definition) is 2. The molecule has 0 radical (unpaired) electrons. The van der Waals surface area contributed by atoms with Gasteiger partial charge in [0.25, 0.3) is 0 Å². The second kappa shape index (κ2) is 7.96. The molecule has 0 heterocycles. The summed E-state index contributed by atoms with van der Waals surface area (Å²) in [6.07, 6.45) is 14.1. The summed E-state index contributed by atoms with van der Waals surface area (Å²) in [6.45, 7) is 3.89. The van der Waals surface area contributed by atoms with Crippen LogP contribution in [0.25, 0.3) is 0 Å². The lowest BCUT2D eigenvalue weighted by atomic mass is 9.70. The molecule has 3 heteroatoms. The summed E-state index contributed by atoms with van der Waals surface area (Å²) in [5.74, 6) is 3.48. The maximum absolute atomic E-state index is 6.14. The summed E-state index contributed by atoms with van der Waals surface area (Å²) >= 11 is 0. The molecule has 3 rings (SSSR count). The van der Waals surface area contributed by atoms with Crippen LogP contribution in [0.2, 0.25) is 0 Å². The molecule has 0 aromatic heterocycles. The van der Waals surface area contributed by atoms with Gasteiger partial charge in [0, 0.05) is 11.8 Å². The lowest BCUT2D eigenvalue weighted by molar-refractivity contribution is 0.0930. The zero-order valence-electron chi connectivity index (χ0n) is 14.8. The van der Waals surface area contributed by atoms with Crippen molar-refractivity contribution in [3.8, 4) is 5.75 Å². The molecular formula is C21H32N2O. The molecule has 0 aliphatic heterocycles. The quantitative estimate of drug-likeness (QED) is 0.579. The van der Waals surface area contributed by atoms with E-state index in [9.17, 15) is 0 Å². The molecule has 3 nitrogen and oxygen atoms in total. The van der Waals surface area contributed by atoms with Crippen molar-refractivity contribution in [1.82, 2.24) is 0 Å². The molecule has 0 amide bonds. The van der Waals surface area contributed by atoms with Crippen LogP contribution in [0.5, 0.6) is 5.75 Å². The summed E-state index contributed by atoms with van der Waals surface area (Å²) < 4.78 is 6.14. The normalized spacial score (nSPS) is 30.7. The van der Waals surface area contributed by atoms with Crippen LogP contribution < -0.4 is 16.2 Å². The number of anilines is 2. The monoisotopic (exact) mass is 328 g/mol. The van der Waals surface area contributed by atoms with Gasteiger partial charge >= 0.3 is 0 Å². The van der Waals surface area contributed by atoms with Crippen LogP contribution >= 0.6 is 0 Å². The predicted octanol–water partition coefficient (Wildman–Crippen LogP) is 5.17. The summed E-state index contributed by atoms with van der Waals surface area (Å²) in [4.78, 5) is 0. The highest BCUT2D eigenvalue weighted by Gasteiger charge is 2.31. The Morgan fingerprint density at radius 2 is 1.58 bits per heavy atom. The van der Waals surface area contributed by atoms with E-state index in [1.165, 1.54) is 44.9 Å². The van der Waals surface area contributed by atoms with E-state index >= 15 is 0 Å². The minimum absolute atomic E-state index is 0.294. The molecule has 0 unspecified atom stereocenters. The molecule has 0 spiro atoms. The van der Waals surface area contributed by atoms with E-state index in [0.717, 1.165) is 36.3 Å². The third-order valence-corrected chi connectivity index (χ3v) is 6.11. The topological polar surface area (TPSA) is 61.3 Å². The smallest absolute Gasteiger partial charge is 0.144 e. The molecule has 0 saturated heterocycles. The van der Waals surface area contributed by atoms with Gasteiger partial charge in [0.05, 0.1) is 11.8 Å². The van der Waals surface area contributed by atoms with Crippen molar-refractivity contribution in [3.63, 3.8) is 0 Å². The largest absolute Gasteiger partial charge is 0.488 e.